The molecule has 0 atom stereocenters. The molecule has 0 aromatic heterocycles. The van der Waals surface area contributed by atoms with Crippen molar-refractivity contribution in [2.24, 2.45) is 16.3 Å². The first-order valence-corrected chi connectivity index (χ1v) is 6.33. The first-order valence-electron chi connectivity index (χ1n) is 5.95. The number of anilines is 1. The topological polar surface area (TPSA) is 61.8 Å². The maximum atomic E-state index is 8.85. The normalized spacial score (nSPS) is 19.3. The van der Waals surface area contributed by atoms with Gasteiger partial charge in [-0.1, -0.05) is 30.6 Å². The molecule has 0 aliphatic carbocycles. The van der Waals surface area contributed by atoms with Crippen molar-refractivity contribution in [2.75, 3.05) is 18.0 Å². The Kier molecular flexibility index (Phi) is 3.39. The van der Waals surface area contributed by atoms with E-state index in [-0.39, 0.29) is 5.84 Å². The van der Waals surface area contributed by atoms with Crippen LogP contribution in [0.25, 0.3) is 0 Å². The average molecular weight is 268 g/mol. The largest absolute Gasteiger partial charge is 0.409 e. The summed E-state index contributed by atoms with van der Waals surface area (Å²) in [6, 6.07) is 5.49. The van der Waals surface area contributed by atoms with Crippen molar-refractivity contribution >= 4 is 23.1 Å². The first kappa shape index (κ1) is 13.0. The number of rotatable bonds is 2. The molecule has 0 amide bonds. The van der Waals surface area contributed by atoms with E-state index in [0.29, 0.717) is 16.0 Å². The number of hydrogen-bond acceptors (Lipinski definition) is 3. The first-order chi connectivity index (χ1) is 8.43. The molecule has 1 aromatic carbocycles. The van der Waals surface area contributed by atoms with E-state index in [1.54, 1.807) is 6.07 Å². The lowest BCUT2D eigenvalue weighted by Gasteiger charge is -2.24. The molecule has 1 fully saturated rings. The summed E-state index contributed by atoms with van der Waals surface area (Å²) < 4.78 is 0. The van der Waals surface area contributed by atoms with Gasteiger partial charge in [-0.3, -0.25) is 0 Å². The Morgan fingerprint density at radius 2 is 2.22 bits per heavy atom. The van der Waals surface area contributed by atoms with Gasteiger partial charge in [0.2, 0.25) is 0 Å². The standard InChI is InChI=1S/C13H18ClN3O/c1-13(2)5-6-17(8-13)11-4-3-9(14)7-10(11)12(15)16-18/h3-4,7,18H,5-6,8H2,1-2H3,(H2,15,16). The highest BCUT2D eigenvalue weighted by atomic mass is 35.5. The highest BCUT2D eigenvalue weighted by Gasteiger charge is 2.30. The Morgan fingerprint density at radius 1 is 1.50 bits per heavy atom. The Bertz CT molecular complexity index is 485. The molecule has 1 aliphatic rings. The van der Waals surface area contributed by atoms with E-state index in [1.165, 1.54) is 0 Å². The van der Waals surface area contributed by atoms with E-state index < -0.39 is 0 Å². The molecule has 0 radical (unpaired) electrons. The van der Waals surface area contributed by atoms with Crippen LogP contribution >= 0.6 is 11.6 Å². The molecule has 98 valence electrons. The van der Waals surface area contributed by atoms with Gasteiger partial charge >= 0.3 is 0 Å². The summed E-state index contributed by atoms with van der Waals surface area (Å²) in [5, 5.41) is 12.5. The third-order valence-corrected chi connectivity index (χ3v) is 3.60. The van der Waals surface area contributed by atoms with Crippen LogP contribution in [0, 0.1) is 5.41 Å². The fourth-order valence-electron chi connectivity index (χ4n) is 2.36. The number of amidine groups is 1. The minimum absolute atomic E-state index is 0.0946. The van der Waals surface area contributed by atoms with E-state index in [9.17, 15) is 0 Å². The lowest BCUT2D eigenvalue weighted by atomic mass is 9.93. The predicted molar refractivity (Wildman–Crippen MR) is 74.6 cm³/mol. The second-order valence-electron chi connectivity index (χ2n) is 5.48. The van der Waals surface area contributed by atoms with Gasteiger partial charge in [0, 0.05) is 29.4 Å². The van der Waals surface area contributed by atoms with Crippen LogP contribution in [0.1, 0.15) is 25.8 Å². The highest BCUT2D eigenvalue weighted by Crippen LogP contribution is 2.34. The van der Waals surface area contributed by atoms with Gasteiger partial charge in [-0.25, -0.2) is 0 Å². The second kappa shape index (κ2) is 4.69. The van der Waals surface area contributed by atoms with Crippen molar-refractivity contribution in [3.63, 3.8) is 0 Å². The summed E-state index contributed by atoms with van der Waals surface area (Å²) in [6.07, 6.45) is 1.13. The van der Waals surface area contributed by atoms with E-state index in [2.05, 4.69) is 23.9 Å². The average Bonchev–Trinajstić information content (AvgIpc) is 2.68. The molecule has 18 heavy (non-hydrogen) atoms. The molecule has 5 heteroatoms. The van der Waals surface area contributed by atoms with Crippen molar-refractivity contribution in [1.82, 2.24) is 0 Å². The molecule has 1 aliphatic heterocycles. The van der Waals surface area contributed by atoms with Crippen LogP contribution in [0.4, 0.5) is 5.69 Å². The van der Waals surface area contributed by atoms with Gasteiger partial charge in [-0.2, -0.15) is 0 Å². The van der Waals surface area contributed by atoms with Crippen LogP contribution in [0.3, 0.4) is 0 Å². The van der Waals surface area contributed by atoms with Crippen LogP contribution in [-0.4, -0.2) is 24.1 Å². The minimum atomic E-state index is 0.0946. The van der Waals surface area contributed by atoms with E-state index in [4.69, 9.17) is 22.5 Å². The maximum absolute atomic E-state index is 8.85. The summed E-state index contributed by atoms with van der Waals surface area (Å²) in [6.45, 7) is 6.42. The van der Waals surface area contributed by atoms with Crippen LogP contribution < -0.4 is 10.6 Å². The second-order valence-corrected chi connectivity index (χ2v) is 5.92. The molecule has 0 bridgehead atoms. The molecular weight excluding hydrogens is 250 g/mol. The van der Waals surface area contributed by atoms with Gasteiger partial charge in [-0.15, -0.1) is 0 Å². The lowest BCUT2D eigenvalue weighted by molar-refractivity contribution is 0.318. The predicted octanol–water partition coefficient (Wildman–Crippen LogP) is 2.67. The zero-order valence-electron chi connectivity index (χ0n) is 10.7. The quantitative estimate of drug-likeness (QED) is 0.375. The molecule has 0 saturated carbocycles. The Morgan fingerprint density at radius 3 is 2.78 bits per heavy atom. The summed E-state index contributed by atoms with van der Waals surface area (Å²) in [5.41, 5.74) is 7.66. The number of oxime groups is 1. The molecule has 4 nitrogen and oxygen atoms in total. The number of nitrogens with zero attached hydrogens (tertiary/aromatic N) is 2. The van der Waals surface area contributed by atoms with Gasteiger partial charge in [0.1, 0.15) is 0 Å². The molecule has 1 heterocycles. The molecule has 3 N–H and O–H groups in total. The SMILES string of the molecule is CC1(C)CCN(c2ccc(Cl)cc2C(N)=NO)C1. The molecule has 2 rings (SSSR count). The smallest absolute Gasteiger partial charge is 0.172 e. The van der Waals surface area contributed by atoms with E-state index in [1.807, 2.05) is 12.1 Å². The van der Waals surface area contributed by atoms with Crippen molar-refractivity contribution in [2.45, 2.75) is 20.3 Å². The number of benzene rings is 1. The lowest BCUT2D eigenvalue weighted by Crippen LogP contribution is -2.26. The molecule has 0 unspecified atom stereocenters. The zero-order valence-corrected chi connectivity index (χ0v) is 11.4. The van der Waals surface area contributed by atoms with Gasteiger partial charge in [0.05, 0.1) is 0 Å². The Hall–Kier alpha value is -1.42. The van der Waals surface area contributed by atoms with Gasteiger partial charge in [-0.05, 0) is 30.0 Å². The van der Waals surface area contributed by atoms with Crippen LogP contribution in [0.5, 0.6) is 0 Å². The monoisotopic (exact) mass is 267 g/mol. The van der Waals surface area contributed by atoms with Crippen molar-refractivity contribution in [3.8, 4) is 0 Å². The molecule has 0 spiro atoms. The van der Waals surface area contributed by atoms with Crippen LogP contribution in [-0.2, 0) is 0 Å². The summed E-state index contributed by atoms with van der Waals surface area (Å²) in [7, 11) is 0. The number of halogens is 1. The fourth-order valence-corrected chi connectivity index (χ4v) is 2.53. The van der Waals surface area contributed by atoms with Crippen molar-refractivity contribution in [3.05, 3.63) is 28.8 Å². The third kappa shape index (κ3) is 2.53. The summed E-state index contributed by atoms with van der Waals surface area (Å²) >= 11 is 5.97. The Labute approximate surface area is 112 Å². The van der Waals surface area contributed by atoms with E-state index >= 15 is 0 Å². The van der Waals surface area contributed by atoms with Crippen LogP contribution in [0.15, 0.2) is 23.4 Å². The zero-order chi connectivity index (χ0) is 13.3. The van der Waals surface area contributed by atoms with Crippen molar-refractivity contribution in [1.29, 1.82) is 0 Å². The van der Waals surface area contributed by atoms with E-state index in [0.717, 1.165) is 25.2 Å². The summed E-state index contributed by atoms with van der Waals surface area (Å²) in [4.78, 5) is 2.25. The summed E-state index contributed by atoms with van der Waals surface area (Å²) in [5.74, 6) is 0.0946. The van der Waals surface area contributed by atoms with Gasteiger partial charge in [0.25, 0.3) is 0 Å². The maximum Gasteiger partial charge on any atom is 0.172 e. The van der Waals surface area contributed by atoms with Gasteiger partial charge < -0.3 is 15.8 Å². The minimum Gasteiger partial charge on any atom is -0.409 e. The highest BCUT2D eigenvalue weighted by molar-refractivity contribution is 6.31. The number of hydrogen-bond donors (Lipinski definition) is 2. The Balaban J connectivity index is 2.39. The molecular formula is C13H18ClN3O. The molecule has 1 saturated heterocycles. The van der Waals surface area contributed by atoms with Crippen LogP contribution in [0.2, 0.25) is 5.02 Å². The van der Waals surface area contributed by atoms with Gasteiger partial charge in [0.15, 0.2) is 5.84 Å². The third-order valence-electron chi connectivity index (χ3n) is 3.36. The molecule has 1 aromatic rings. The van der Waals surface area contributed by atoms with Crippen molar-refractivity contribution < 1.29 is 5.21 Å². The fraction of sp³-hybridized carbons (Fsp3) is 0.462. The number of nitrogens with two attached hydrogens (primary N) is 1.